The molecule has 0 aromatic carbocycles. The van der Waals surface area contributed by atoms with E-state index in [2.05, 4.69) is 0 Å². The van der Waals surface area contributed by atoms with Gasteiger partial charge in [-0.3, -0.25) is 0 Å². The molecule has 72 valence electrons. The lowest BCUT2D eigenvalue weighted by molar-refractivity contribution is 0.167. The number of rotatable bonds is 3. The largest absolute Gasteiger partial charge is 0.467 e. The van der Waals surface area contributed by atoms with Crippen molar-refractivity contribution in [3.8, 4) is 0 Å². The molecule has 0 saturated heterocycles. The molecule has 0 spiro atoms. The number of hydrogen-bond donors (Lipinski definition) is 1. The highest BCUT2D eigenvalue weighted by molar-refractivity contribution is 5.25. The maximum absolute atomic E-state index is 6.15. The minimum Gasteiger partial charge on any atom is -0.467 e. The molecule has 1 aliphatic rings. The zero-order valence-electron chi connectivity index (χ0n) is 7.88. The lowest BCUT2D eigenvalue weighted by Gasteiger charge is -2.36. The number of nitrogens with two attached hydrogens (primary N) is 1. The van der Waals surface area contributed by atoms with Gasteiger partial charge in [-0.1, -0.05) is 0 Å². The van der Waals surface area contributed by atoms with Crippen LogP contribution in [0.25, 0.3) is 0 Å². The molecule has 3 nitrogen and oxygen atoms in total. The van der Waals surface area contributed by atoms with Crippen LogP contribution in [0, 0.1) is 0 Å². The van der Waals surface area contributed by atoms with E-state index < -0.39 is 0 Å². The van der Waals surface area contributed by atoms with Crippen LogP contribution in [0.1, 0.15) is 30.6 Å². The average Bonchev–Trinajstić information content (AvgIpc) is 2.49. The van der Waals surface area contributed by atoms with Crippen molar-refractivity contribution in [3.05, 3.63) is 23.7 Å². The van der Waals surface area contributed by atoms with Crippen LogP contribution in [0.3, 0.4) is 0 Å². The Bertz CT molecular complexity index is 289. The molecule has 1 heterocycles. The maximum atomic E-state index is 6.15. The van der Waals surface area contributed by atoms with Gasteiger partial charge in [-0.15, -0.1) is 0 Å². The van der Waals surface area contributed by atoms with Crippen LogP contribution < -0.4 is 5.73 Å². The third-order valence-electron chi connectivity index (χ3n) is 2.74. The van der Waals surface area contributed by atoms with Gasteiger partial charge in [-0.05, 0) is 25.3 Å². The van der Waals surface area contributed by atoms with Crippen LogP contribution in [-0.4, -0.2) is 7.11 Å². The van der Waals surface area contributed by atoms with E-state index in [1.165, 1.54) is 6.42 Å². The van der Waals surface area contributed by atoms with Crippen molar-refractivity contribution in [2.24, 2.45) is 5.73 Å². The number of methoxy groups -OCH3 is 1. The van der Waals surface area contributed by atoms with E-state index in [-0.39, 0.29) is 5.54 Å². The van der Waals surface area contributed by atoms with E-state index in [4.69, 9.17) is 14.9 Å². The van der Waals surface area contributed by atoms with Gasteiger partial charge in [0.1, 0.15) is 5.76 Å². The zero-order valence-corrected chi connectivity index (χ0v) is 7.88. The third-order valence-corrected chi connectivity index (χ3v) is 2.74. The van der Waals surface area contributed by atoms with Gasteiger partial charge < -0.3 is 14.9 Å². The van der Waals surface area contributed by atoms with Crippen LogP contribution in [-0.2, 0) is 16.9 Å². The summed E-state index contributed by atoms with van der Waals surface area (Å²) in [4.78, 5) is 0. The monoisotopic (exact) mass is 181 g/mol. The first-order chi connectivity index (χ1) is 6.26. The van der Waals surface area contributed by atoms with E-state index in [0.717, 1.165) is 24.2 Å². The SMILES string of the molecule is COCc1ccoc1C1(N)CCC1. The van der Waals surface area contributed by atoms with Crippen molar-refractivity contribution < 1.29 is 9.15 Å². The summed E-state index contributed by atoms with van der Waals surface area (Å²) in [7, 11) is 1.68. The molecule has 0 amide bonds. The maximum Gasteiger partial charge on any atom is 0.129 e. The topological polar surface area (TPSA) is 48.4 Å². The van der Waals surface area contributed by atoms with Crippen molar-refractivity contribution >= 4 is 0 Å². The first-order valence-electron chi connectivity index (χ1n) is 4.61. The van der Waals surface area contributed by atoms with Crippen LogP contribution in [0.15, 0.2) is 16.7 Å². The highest BCUT2D eigenvalue weighted by Crippen LogP contribution is 2.40. The van der Waals surface area contributed by atoms with Crippen molar-refractivity contribution in [3.63, 3.8) is 0 Å². The normalized spacial score (nSPS) is 19.8. The molecule has 0 atom stereocenters. The predicted octanol–water partition coefficient (Wildman–Crippen LogP) is 1.76. The Morgan fingerprint density at radius 1 is 1.62 bits per heavy atom. The first-order valence-corrected chi connectivity index (χ1v) is 4.61. The number of hydrogen-bond acceptors (Lipinski definition) is 3. The van der Waals surface area contributed by atoms with E-state index in [1.807, 2.05) is 6.07 Å². The molecule has 1 saturated carbocycles. The molecular formula is C10H15NO2. The van der Waals surface area contributed by atoms with Crippen molar-refractivity contribution in [1.82, 2.24) is 0 Å². The average molecular weight is 181 g/mol. The lowest BCUT2D eigenvalue weighted by Crippen LogP contribution is -2.43. The van der Waals surface area contributed by atoms with Gasteiger partial charge in [0.2, 0.25) is 0 Å². The lowest BCUT2D eigenvalue weighted by atomic mass is 9.75. The minimum absolute atomic E-state index is 0.211. The third kappa shape index (κ3) is 1.38. The van der Waals surface area contributed by atoms with Gasteiger partial charge >= 0.3 is 0 Å². The Kier molecular flexibility index (Phi) is 2.14. The van der Waals surface area contributed by atoms with Gasteiger partial charge in [-0.25, -0.2) is 0 Å². The Morgan fingerprint density at radius 2 is 2.38 bits per heavy atom. The molecule has 0 bridgehead atoms. The summed E-state index contributed by atoms with van der Waals surface area (Å²) >= 11 is 0. The Morgan fingerprint density at radius 3 is 2.92 bits per heavy atom. The molecule has 13 heavy (non-hydrogen) atoms. The molecule has 1 aromatic heterocycles. The number of ether oxygens (including phenoxy) is 1. The molecule has 1 aliphatic carbocycles. The predicted molar refractivity (Wildman–Crippen MR) is 49.1 cm³/mol. The molecular weight excluding hydrogens is 166 g/mol. The second-order valence-electron chi connectivity index (χ2n) is 3.72. The smallest absolute Gasteiger partial charge is 0.129 e. The van der Waals surface area contributed by atoms with E-state index in [9.17, 15) is 0 Å². The summed E-state index contributed by atoms with van der Waals surface area (Å²) in [6.45, 7) is 0.588. The summed E-state index contributed by atoms with van der Waals surface area (Å²) in [5.74, 6) is 0.917. The number of furan rings is 1. The molecule has 3 heteroatoms. The Balaban J connectivity index is 2.23. The molecule has 0 aliphatic heterocycles. The molecule has 0 radical (unpaired) electrons. The van der Waals surface area contributed by atoms with E-state index in [1.54, 1.807) is 13.4 Å². The summed E-state index contributed by atoms with van der Waals surface area (Å²) < 4.78 is 10.5. The molecule has 2 rings (SSSR count). The Hall–Kier alpha value is -0.800. The highest BCUT2D eigenvalue weighted by atomic mass is 16.5. The van der Waals surface area contributed by atoms with Gasteiger partial charge in [-0.2, -0.15) is 0 Å². The van der Waals surface area contributed by atoms with Gasteiger partial charge in [0.05, 0.1) is 18.4 Å². The van der Waals surface area contributed by atoms with Crippen LogP contribution >= 0.6 is 0 Å². The molecule has 1 aromatic rings. The fraction of sp³-hybridized carbons (Fsp3) is 0.600. The van der Waals surface area contributed by atoms with Gasteiger partial charge in [0, 0.05) is 12.7 Å². The molecule has 1 fully saturated rings. The summed E-state index contributed by atoms with van der Waals surface area (Å²) in [6, 6.07) is 1.94. The standard InChI is InChI=1S/C10H15NO2/c1-12-7-8-3-6-13-9(8)10(11)4-2-5-10/h3,6H,2,4-5,7,11H2,1H3. The highest BCUT2D eigenvalue weighted by Gasteiger charge is 2.38. The van der Waals surface area contributed by atoms with E-state index in [0.29, 0.717) is 6.61 Å². The van der Waals surface area contributed by atoms with Crippen LogP contribution in [0.2, 0.25) is 0 Å². The van der Waals surface area contributed by atoms with Gasteiger partial charge in [0.25, 0.3) is 0 Å². The molecule has 2 N–H and O–H groups in total. The second kappa shape index (κ2) is 3.16. The first kappa shape index (κ1) is 8.78. The summed E-state index contributed by atoms with van der Waals surface area (Å²) in [5, 5.41) is 0. The second-order valence-corrected chi connectivity index (χ2v) is 3.72. The zero-order chi connectivity index (χ0) is 9.31. The van der Waals surface area contributed by atoms with Crippen LogP contribution in [0.4, 0.5) is 0 Å². The molecule has 0 unspecified atom stereocenters. The van der Waals surface area contributed by atoms with Crippen molar-refractivity contribution in [2.75, 3.05) is 7.11 Å². The quantitative estimate of drug-likeness (QED) is 0.773. The Labute approximate surface area is 77.9 Å². The summed E-state index contributed by atoms with van der Waals surface area (Å²) in [5.41, 5.74) is 7.03. The van der Waals surface area contributed by atoms with E-state index >= 15 is 0 Å². The minimum atomic E-state index is -0.211. The van der Waals surface area contributed by atoms with Crippen molar-refractivity contribution in [2.45, 2.75) is 31.4 Å². The van der Waals surface area contributed by atoms with Crippen LogP contribution in [0.5, 0.6) is 0 Å². The summed E-state index contributed by atoms with van der Waals surface area (Å²) in [6.07, 6.45) is 4.94. The van der Waals surface area contributed by atoms with Gasteiger partial charge in [0.15, 0.2) is 0 Å². The fourth-order valence-corrected chi connectivity index (χ4v) is 1.83. The fourth-order valence-electron chi connectivity index (χ4n) is 1.83. The van der Waals surface area contributed by atoms with Crippen molar-refractivity contribution in [1.29, 1.82) is 0 Å².